The van der Waals surface area contributed by atoms with Gasteiger partial charge in [-0.2, -0.15) is 0 Å². The first-order valence-electron chi connectivity index (χ1n) is 6.56. The van der Waals surface area contributed by atoms with Gasteiger partial charge in [0.05, 0.1) is 4.92 Å². The highest BCUT2D eigenvalue weighted by Gasteiger charge is 2.18. The minimum atomic E-state index is -0.525. The van der Waals surface area contributed by atoms with Crippen LogP contribution in [0.2, 0.25) is 0 Å². The Bertz CT molecular complexity index is 768. The molecule has 0 atom stereocenters. The molecule has 1 N–H and O–H groups in total. The Kier molecular flexibility index (Phi) is 4.31. The van der Waals surface area contributed by atoms with Crippen LogP contribution < -0.4 is 5.32 Å². The fraction of sp³-hybridized carbons (Fsp3) is 0.125. The lowest BCUT2D eigenvalue weighted by atomic mass is 10.1. The summed E-state index contributed by atoms with van der Waals surface area (Å²) in [7, 11) is 0. The molecule has 0 aliphatic carbocycles. The van der Waals surface area contributed by atoms with Gasteiger partial charge in [0.1, 0.15) is 0 Å². The molecule has 0 aliphatic rings. The van der Waals surface area contributed by atoms with Gasteiger partial charge in [0.2, 0.25) is 0 Å². The number of hydrogen-bond donors (Lipinski definition) is 1. The van der Waals surface area contributed by atoms with Crippen LogP contribution in [0, 0.1) is 17.0 Å². The number of ketones is 1. The number of nitro benzene ring substituents is 1. The van der Waals surface area contributed by atoms with Crippen molar-refractivity contribution in [2.75, 3.05) is 5.32 Å². The molecule has 2 aromatic rings. The van der Waals surface area contributed by atoms with E-state index in [0.717, 1.165) is 0 Å². The van der Waals surface area contributed by atoms with Gasteiger partial charge in [-0.25, -0.2) is 0 Å². The third kappa shape index (κ3) is 3.17. The molecule has 0 bridgehead atoms. The van der Waals surface area contributed by atoms with Crippen molar-refractivity contribution in [3.63, 3.8) is 0 Å². The molecule has 22 heavy (non-hydrogen) atoms. The van der Waals surface area contributed by atoms with E-state index in [4.69, 9.17) is 0 Å². The molecule has 0 unspecified atom stereocenters. The zero-order valence-corrected chi connectivity index (χ0v) is 12.1. The van der Waals surface area contributed by atoms with Crippen LogP contribution in [0.3, 0.4) is 0 Å². The highest BCUT2D eigenvalue weighted by molar-refractivity contribution is 6.06. The Labute approximate surface area is 126 Å². The van der Waals surface area contributed by atoms with E-state index >= 15 is 0 Å². The predicted molar refractivity (Wildman–Crippen MR) is 82.2 cm³/mol. The zero-order valence-electron chi connectivity index (χ0n) is 12.1. The summed E-state index contributed by atoms with van der Waals surface area (Å²) < 4.78 is 0. The van der Waals surface area contributed by atoms with Crippen molar-refractivity contribution in [3.05, 3.63) is 69.3 Å². The molecule has 1 amide bonds. The lowest BCUT2D eigenvalue weighted by Gasteiger charge is -2.08. The molecular weight excluding hydrogens is 284 g/mol. The van der Waals surface area contributed by atoms with E-state index in [9.17, 15) is 19.7 Å². The maximum absolute atomic E-state index is 12.3. The molecule has 112 valence electrons. The summed E-state index contributed by atoms with van der Waals surface area (Å²) in [4.78, 5) is 34.0. The number of hydrogen-bond acceptors (Lipinski definition) is 4. The first-order valence-corrected chi connectivity index (χ1v) is 6.56. The van der Waals surface area contributed by atoms with Gasteiger partial charge in [0.15, 0.2) is 5.78 Å². The third-order valence-electron chi connectivity index (χ3n) is 3.27. The van der Waals surface area contributed by atoms with E-state index < -0.39 is 10.8 Å². The molecule has 0 aromatic heterocycles. The average Bonchev–Trinajstić information content (AvgIpc) is 2.47. The summed E-state index contributed by atoms with van der Waals surface area (Å²) in [5.74, 6) is -0.565. The van der Waals surface area contributed by atoms with Crippen LogP contribution in [0.1, 0.15) is 33.2 Å². The topological polar surface area (TPSA) is 89.3 Å². The Morgan fingerprint density at radius 3 is 2.45 bits per heavy atom. The molecular formula is C16H14N2O4. The molecule has 0 spiro atoms. The van der Waals surface area contributed by atoms with E-state index in [0.29, 0.717) is 16.8 Å². The lowest BCUT2D eigenvalue weighted by Crippen LogP contribution is -2.14. The van der Waals surface area contributed by atoms with Crippen LogP contribution in [0.15, 0.2) is 42.5 Å². The van der Waals surface area contributed by atoms with E-state index in [1.807, 2.05) is 0 Å². The molecule has 0 aliphatic heterocycles. The van der Waals surface area contributed by atoms with E-state index in [1.54, 1.807) is 24.3 Å². The highest BCUT2D eigenvalue weighted by Crippen LogP contribution is 2.22. The van der Waals surface area contributed by atoms with Gasteiger partial charge in [0.25, 0.3) is 11.6 Å². The van der Waals surface area contributed by atoms with Crippen LogP contribution in [0.5, 0.6) is 0 Å². The third-order valence-corrected chi connectivity index (χ3v) is 3.27. The second kappa shape index (κ2) is 6.17. The molecule has 6 nitrogen and oxygen atoms in total. The van der Waals surface area contributed by atoms with Crippen molar-refractivity contribution >= 4 is 23.1 Å². The maximum Gasteiger partial charge on any atom is 0.273 e. The first kappa shape index (κ1) is 15.4. The molecule has 0 saturated carbocycles. The molecule has 0 heterocycles. The molecule has 2 rings (SSSR count). The molecule has 0 radical (unpaired) electrons. The highest BCUT2D eigenvalue weighted by atomic mass is 16.6. The van der Waals surface area contributed by atoms with Crippen LogP contribution in [-0.2, 0) is 0 Å². The van der Waals surface area contributed by atoms with Crippen molar-refractivity contribution in [2.24, 2.45) is 0 Å². The summed E-state index contributed by atoms with van der Waals surface area (Å²) in [5.41, 5.74) is 1.36. The monoisotopic (exact) mass is 298 g/mol. The van der Waals surface area contributed by atoms with Gasteiger partial charge in [-0.3, -0.25) is 19.7 Å². The quantitative estimate of drug-likeness (QED) is 0.532. The van der Waals surface area contributed by atoms with Crippen LogP contribution in [0.25, 0.3) is 0 Å². The second-order valence-corrected chi connectivity index (χ2v) is 4.80. The van der Waals surface area contributed by atoms with Gasteiger partial charge in [-0.1, -0.05) is 18.2 Å². The second-order valence-electron chi connectivity index (χ2n) is 4.80. The van der Waals surface area contributed by atoms with Crippen molar-refractivity contribution < 1.29 is 14.5 Å². The van der Waals surface area contributed by atoms with Gasteiger partial charge >= 0.3 is 0 Å². The molecule has 6 heteroatoms. The minimum Gasteiger partial charge on any atom is -0.322 e. The number of rotatable bonds is 4. The SMILES string of the molecule is CC(=O)c1cccc(NC(=O)c2cccc([N+](=O)[O-])c2C)c1. The first-order chi connectivity index (χ1) is 10.4. The average molecular weight is 298 g/mol. The number of nitrogens with zero attached hydrogens (tertiary/aromatic N) is 1. The van der Waals surface area contributed by atoms with Gasteiger partial charge in [0, 0.05) is 28.4 Å². The standard InChI is InChI=1S/C16H14N2O4/c1-10-14(7-4-8-15(10)18(21)22)16(20)17-13-6-3-5-12(9-13)11(2)19/h3-9H,1-2H3,(H,17,20). The Morgan fingerprint density at radius 2 is 1.82 bits per heavy atom. The maximum atomic E-state index is 12.3. The van der Waals surface area contributed by atoms with E-state index in [2.05, 4.69) is 5.32 Å². The Hall–Kier alpha value is -3.02. The van der Waals surface area contributed by atoms with Crippen molar-refractivity contribution in [2.45, 2.75) is 13.8 Å². The lowest BCUT2D eigenvalue weighted by molar-refractivity contribution is -0.385. The fourth-order valence-electron chi connectivity index (χ4n) is 2.08. The summed E-state index contributed by atoms with van der Waals surface area (Å²) >= 11 is 0. The molecule has 0 saturated heterocycles. The van der Waals surface area contributed by atoms with Gasteiger partial charge in [-0.05, 0) is 32.0 Å². The fourth-order valence-corrected chi connectivity index (χ4v) is 2.08. The Morgan fingerprint density at radius 1 is 1.14 bits per heavy atom. The number of carbonyl (C=O) groups is 2. The number of anilines is 1. The van der Waals surface area contributed by atoms with Crippen LogP contribution in [-0.4, -0.2) is 16.6 Å². The molecule has 2 aromatic carbocycles. The predicted octanol–water partition coefficient (Wildman–Crippen LogP) is 3.36. The summed E-state index contributed by atoms with van der Waals surface area (Å²) in [6.45, 7) is 2.96. The van der Waals surface area contributed by atoms with Crippen molar-refractivity contribution in [1.82, 2.24) is 0 Å². The summed E-state index contributed by atoms with van der Waals surface area (Å²) in [5, 5.41) is 13.6. The number of Topliss-reactive ketones (excluding diaryl/α,β-unsaturated/α-hetero) is 1. The van der Waals surface area contributed by atoms with Crippen LogP contribution >= 0.6 is 0 Å². The number of benzene rings is 2. The van der Waals surface area contributed by atoms with Gasteiger partial charge in [-0.15, -0.1) is 0 Å². The van der Waals surface area contributed by atoms with Crippen molar-refractivity contribution in [1.29, 1.82) is 0 Å². The largest absolute Gasteiger partial charge is 0.322 e. The number of nitro groups is 1. The zero-order chi connectivity index (χ0) is 16.3. The van der Waals surface area contributed by atoms with E-state index in [1.165, 1.54) is 32.0 Å². The minimum absolute atomic E-state index is 0.106. The number of carbonyl (C=O) groups excluding carboxylic acids is 2. The smallest absolute Gasteiger partial charge is 0.273 e. The van der Waals surface area contributed by atoms with Gasteiger partial charge < -0.3 is 5.32 Å². The summed E-state index contributed by atoms with van der Waals surface area (Å²) in [6.07, 6.45) is 0. The molecule has 0 fully saturated rings. The van der Waals surface area contributed by atoms with Crippen molar-refractivity contribution in [3.8, 4) is 0 Å². The van der Waals surface area contributed by atoms with Crippen LogP contribution in [0.4, 0.5) is 11.4 Å². The number of amides is 1. The normalized spacial score (nSPS) is 10.1. The van der Waals surface area contributed by atoms with E-state index in [-0.39, 0.29) is 17.0 Å². The summed E-state index contributed by atoms with van der Waals surface area (Å²) in [6, 6.07) is 10.9. The number of nitrogens with one attached hydrogen (secondary N) is 1. The Balaban J connectivity index is 2.30.